The van der Waals surface area contributed by atoms with Gasteiger partial charge in [-0.1, -0.05) is 30.3 Å². The van der Waals surface area contributed by atoms with E-state index >= 15 is 0 Å². The van der Waals surface area contributed by atoms with Crippen LogP contribution in [0.1, 0.15) is 46.0 Å². The minimum Gasteiger partial charge on any atom is -0.496 e. The predicted molar refractivity (Wildman–Crippen MR) is 115 cm³/mol. The number of aryl methyl sites for hydroxylation is 2. The van der Waals surface area contributed by atoms with Crippen LogP contribution >= 0.6 is 0 Å². The number of nitrogens with zero attached hydrogens (tertiary/aromatic N) is 1. The van der Waals surface area contributed by atoms with Crippen molar-refractivity contribution in [3.63, 3.8) is 0 Å². The predicted octanol–water partition coefficient (Wildman–Crippen LogP) is 4.88. The molecular formula is C24H25NO5. The first-order valence-corrected chi connectivity index (χ1v) is 9.86. The summed E-state index contributed by atoms with van der Waals surface area (Å²) in [6.07, 6.45) is 0. The lowest BCUT2D eigenvalue weighted by Gasteiger charge is -2.20. The Hall–Kier alpha value is -3.41. The van der Waals surface area contributed by atoms with E-state index in [1.165, 1.54) is 0 Å². The molecule has 0 bridgehead atoms. The first-order valence-electron chi connectivity index (χ1n) is 9.86. The van der Waals surface area contributed by atoms with Gasteiger partial charge in [-0.25, -0.2) is 9.59 Å². The molecule has 0 aliphatic heterocycles. The highest BCUT2D eigenvalue weighted by molar-refractivity contribution is 6.13. The summed E-state index contributed by atoms with van der Waals surface area (Å²) in [6, 6.07) is 11.5. The number of hydrogen-bond acceptors (Lipinski definition) is 6. The second-order valence-corrected chi connectivity index (χ2v) is 6.71. The average Bonchev–Trinajstić information content (AvgIpc) is 2.72. The van der Waals surface area contributed by atoms with E-state index in [-0.39, 0.29) is 24.3 Å². The van der Waals surface area contributed by atoms with Gasteiger partial charge in [0.1, 0.15) is 5.75 Å². The third-order valence-corrected chi connectivity index (χ3v) is 4.88. The van der Waals surface area contributed by atoms with E-state index in [1.807, 2.05) is 36.4 Å². The summed E-state index contributed by atoms with van der Waals surface area (Å²) in [6.45, 7) is 7.34. The summed E-state index contributed by atoms with van der Waals surface area (Å²) >= 11 is 0. The molecule has 0 saturated carbocycles. The van der Waals surface area contributed by atoms with Crippen molar-refractivity contribution in [1.82, 2.24) is 4.98 Å². The molecule has 0 spiro atoms. The van der Waals surface area contributed by atoms with Crippen molar-refractivity contribution in [2.45, 2.75) is 27.7 Å². The van der Waals surface area contributed by atoms with Gasteiger partial charge in [-0.2, -0.15) is 0 Å². The Morgan fingerprint density at radius 2 is 1.40 bits per heavy atom. The molecule has 1 heterocycles. The molecular weight excluding hydrogens is 382 g/mol. The molecule has 3 rings (SSSR count). The number of benzene rings is 2. The maximum absolute atomic E-state index is 13.0. The van der Waals surface area contributed by atoms with Gasteiger partial charge in [-0.05, 0) is 44.5 Å². The summed E-state index contributed by atoms with van der Waals surface area (Å²) in [5.74, 6) is -0.550. The number of aromatic nitrogens is 1. The van der Waals surface area contributed by atoms with Crippen LogP contribution in [0.25, 0.3) is 21.9 Å². The Kier molecular flexibility index (Phi) is 6.35. The molecule has 6 nitrogen and oxygen atoms in total. The van der Waals surface area contributed by atoms with Crippen molar-refractivity contribution < 1.29 is 23.8 Å². The summed E-state index contributed by atoms with van der Waals surface area (Å²) in [4.78, 5) is 30.4. The monoisotopic (exact) mass is 407 g/mol. The molecule has 0 saturated heterocycles. The van der Waals surface area contributed by atoms with Crippen molar-refractivity contribution in [1.29, 1.82) is 0 Å². The number of ether oxygens (including phenoxy) is 3. The molecule has 0 aliphatic carbocycles. The molecule has 0 aliphatic rings. The van der Waals surface area contributed by atoms with Gasteiger partial charge >= 0.3 is 11.9 Å². The SMILES string of the molecule is CCOC(=O)c1c(C)nc(C)c(C(=O)OCC)c1-c1c(OC)ccc2ccccc12. The maximum Gasteiger partial charge on any atom is 0.340 e. The molecule has 6 heteroatoms. The quantitative estimate of drug-likeness (QED) is 0.542. The van der Waals surface area contributed by atoms with Crippen LogP contribution in [0.4, 0.5) is 0 Å². The van der Waals surface area contributed by atoms with Gasteiger partial charge in [0.2, 0.25) is 0 Å². The number of carbonyl (C=O) groups is 2. The summed E-state index contributed by atoms with van der Waals surface area (Å²) in [5, 5.41) is 1.79. The number of methoxy groups -OCH3 is 1. The maximum atomic E-state index is 13.0. The van der Waals surface area contributed by atoms with Gasteiger partial charge in [-0.15, -0.1) is 0 Å². The molecule has 30 heavy (non-hydrogen) atoms. The first-order chi connectivity index (χ1) is 14.4. The van der Waals surface area contributed by atoms with Crippen LogP contribution in [-0.2, 0) is 9.47 Å². The molecule has 0 fully saturated rings. The Balaban J connectivity index is 2.54. The third-order valence-electron chi connectivity index (χ3n) is 4.88. The normalized spacial score (nSPS) is 10.7. The fourth-order valence-corrected chi connectivity index (χ4v) is 3.69. The zero-order valence-corrected chi connectivity index (χ0v) is 17.9. The lowest BCUT2D eigenvalue weighted by atomic mass is 9.88. The van der Waals surface area contributed by atoms with Crippen LogP contribution in [0.15, 0.2) is 36.4 Å². The van der Waals surface area contributed by atoms with Gasteiger partial charge in [0.05, 0.1) is 42.8 Å². The number of rotatable bonds is 6. The number of hydrogen-bond donors (Lipinski definition) is 0. The van der Waals surface area contributed by atoms with E-state index in [0.29, 0.717) is 28.3 Å². The highest BCUT2D eigenvalue weighted by Gasteiger charge is 2.30. The van der Waals surface area contributed by atoms with Gasteiger partial charge < -0.3 is 14.2 Å². The van der Waals surface area contributed by atoms with Crippen LogP contribution in [0.2, 0.25) is 0 Å². The lowest BCUT2D eigenvalue weighted by Crippen LogP contribution is -2.18. The van der Waals surface area contributed by atoms with Crippen molar-refractivity contribution in [2.24, 2.45) is 0 Å². The fourth-order valence-electron chi connectivity index (χ4n) is 3.69. The fraction of sp³-hybridized carbons (Fsp3) is 0.292. The van der Waals surface area contributed by atoms with Crippen molar-refractivity contribution in [2.75, 3.05) is 20.3 Å². The molecule has 2 aromatic carbocycles. The second-order valence-electron chi connectivity index (χ2n) is 6.71. The van der Waals surface area contributed by atoms with Crippen LogP contribution < -0.4 is 4.74 Å². The Labute approximate surface area is 175 Å². The van der Waals surface area contributed by atoms with E-state index in [1.54, 1.807) is 34.8 Å². The minimum atomic E-state index is -0.543. The second kappa shape index (κ2) is 8.95. The van der Waals surface area contributed by atoms with Crippen molar-refractivity contribution >= 4 is 22.7 Å². The number of esters is 2. The minimum absolute atomic E-state index is 0.201. The van der Waals surface area contributed by atoms with E-state index in [2.05, 4.69) is 4.98 Å². The molecule has 156 valence electrons. The molecule has 0 N–H and O–H groups in total. The molecule has 0 radical (unpaired) electrons. The molecule has 1 aromatic heterocycles. The molecule has 0 unspecified atom stereocenters. The molecule has 0 amide bonds. The largest absolute Gasteiger partial charge is 0.496 e. The van der Waals surface area contributed by atoms with E-state index in [9.17, 15) is 9.59 Å². The topological polar surface area (TPSA) is 74.7 Å². The number of pyridine rings is 1. The average molecular weight is 407 g/mol. The van der Waals surface area contributed by atoms with Gasteiger partial charge in [0.15, 0.2) is 0 Å². The highest BCUT2D eigenvalue weighted by Crippen LogP contribution is 2.42. The standard InChI is InChI=1S/C24H25NO5/c1-6-29-23(26)19-14(3)25-15(4)20(24(27)30-7-2)22(19)21-17-11-9-8-10-16(17)12-13-18(21)28-5/h8-13H,6-7H2,1-5H3. The number of carbonyl (C=O) groups excluding carboxylic acids is 2. The Morgan fingerprint density at radius 3 is 1.93 bits per heavy atom. The first kappa shape index (κ1) is 21.3. The van der Waals surface area contributed by atoms with E-state index in [4.69, 9.17) is 14.2 Å². The third kappa shape index (κ3) is 3.73. The smallest absolute Gasteiger partial charge is 0.340 e. The number of fused-ring (bicyclic) bond motifs is 1. The van der Waals surface area contributed by atoms with E-state index < -0.39 is 11.9 Å². The van der Waals surface area contributed by atoms with Crippen LogP contribution in [0.3, 0.4) is 0 Å². The van der Waals surface area contributed by atoms with Gasteiger partial charge in [-0.3, -0.25) is 4.98 Å². The summed E-state index contributed by atoms with van der Waals surface area (Å²) < 4.78 is 16.3. The lowest BCUT2D eigenvalue weighted by molar-refractivity contribution is 0.0525. The van der Waals surface area contributed by atoms with Crippen LogP contribution in [0.5, 0.6) is 5.75 Å². The van der Waals surface area contributed by atoms with Crippen molar-refractivity contribution in [3.05, 3.63) is 58.9 Å². The van der Waals surface area contributed by atoms with E-state index in [0.717, 1.165) is 10.8 Å². The Bertz CT molecular complexity index is 1080. The van der Waals surface area contributed by atoms with Gasteiger partial charge in [0.25, 0.3) is 0 Å². The zero-order valence-electron chi connectivity index (χ0n) is 17.9. The molecule has 3 aromatic rings. The summed E-state index contributed by atoms with van der Waals surface area (Å²) in [7, 11) is 1.56. The zero-order chi connectivity index (χ0) is 21.8. The Morgan fingerprint density at radius 1 is 0.833 bits per heavy atom. The highest BCUT2D eigenvalue weighted by atomic mass is 16.5. The van der Waals surface area contributed by atoms with Crippen molar-refractivity contribution in [3.8, 4) is 16.9 Å². The summed E-state index contributed by atoms with van der Waals surface area (Å²) in [5.41, 5.74) is 2.48. The molecule has 0 atom stereocenters. The van der Waals surface area contributed by atoms with Crippen LogP contribution in [-0.4, -0.2) is 37.2 Å². The van der Waals surface area contributed by atoms with Gasteiger partial charge in [0, 0.05) is 11.1 Å². The van der Waals surface area contributed by atoms with Crippen LogP contribution in [0, 0.1) is 13.8 Å².